The number of aliphatic hydroxyl groups is 10. The van der Waals surface area contributed by atoms with Crippen LogP contribution >= 0.6 is 0 Å². The number of hydrogen-bond donors (Lipinski definition) is 12. The predicted molar refractivity (Wildman–Crippen MR) is 110 cm³/mol. The lowest BCUT2D eigenvalue weighted by atomic mass is 10.3. The number of methoxy groups -OCH3 is 1. The summed E-state index contributed by atoms with van der Waals surface area (Å²) in [5.74, 6) is 0.155. The molecule has 0 aromatic heterocycles. The summed E-state index contributed by atoms with van der Waals surface area (Å²) in [5.41, 5.74) is 0. The molecule has 0 aliphatic heterocycles. The van der Waals surface area contributed by atoms with Crippen LogP contribution in [0.4, 0.5) is 0 Å². The van der Waals surface area contributed by atoms with Crippen molar-refractivity contribution in [2.24, 2.45) is 0 Å². The van der Waals surface area contributed by atoms with Crippen molar-refractivity contribution < 1.29 is 78.1 Å². The van der Waals surface area contributed by atoms with Crippen molar-refractivity contribution in [2.75, 3.05) is 60.5 Å². The molecule has 202 valence electrons. The lowest BCUT2D eigenvalue weighted by Gasteiger charge is -1.96. The van der Waals surface area contributed by atoms with Crippen molar-refractivity contribution in [1.29, 1.82) is 0 Å². The van der Waals surface area contributed by atoms with Gasteiger partial charge in [-0.1, -0.05) is 6.92 Å². The average molecular weight is 509 g/mol. The first-order valence-electron chi connectivity index (χ1n) is 8.58. The summed E-state index contributed by atoms with van der Waals surface area (Å²) < 4.78 is 36.1. The molecule has 0 radical (unpaired) electrons. The van der Waals surface area contributed by atoms with E-state index in [1.807, 2.05) is 6.92 Å². The van der Waals surface area contributed by atoms with Gasteiger partial charge in [0.2, 0.25) is 0 Å². The van der Waals surface area contributed by atoms with Crippen LogP contribution in [-0.2, 0) is 19.9 Å². The van der Waals surface area contributed by atoms with Crippen molar-refractivity contribution >= 4 is 16.2 Å². The minimum absolute atomic E-state index is 0.155. The Balaban J connectivity index is -0.0000000649. The summed E-state index contributed by atoms with van der Waals surface area (Å²) >= 11 is 0. The summed E-state index contributed by atoms with van der Waals surface area (Å²) in [6, 6.07) is 0. The van der Waals surface area contributed by atoms with Gasteiger partial charge in [0.05, 0.1) is 39.6 Å². The molecule has 0 aliphatic carbocycles. The van der Waals surface area contributed by atoms with Gasteiger partial charge in [-0.3, -0.25) is 13.9 Å². The van der Waals surface area contributed by atoms with Gasteiger partial charge in [-0.2, -0.15) is 8.42 Å². The van der Waals surface area contributed by atoms with Crippen molar-refractivity contribution in [3.05, 3.63) is 0 Å². The van der Waals surface area contributed by atoms with Gasteiger partial charge in [-0.15, -0.1) is 0 Å². The van der Waals surface area contributed by atoms with Gasteiger partial charge in [0.15, 0.2) is 5.78 Å². The highest BCUT2D eigenvalue weighted by atomic mass is 32.3. The summed E-state index contributed by atoms with van der Waals surface area (Å²) in [6.45, 7) is -0.106. The van der Waals surface area contributed by atoms with E-state index in [0.29, 0.717) is 6.42 Å². The number of carbonyl (C=O) groups is 1. The molecule has 0 spiro atoms. The van der Waals surface area contributed by atoms with Crippen LogP contribution in [0.2, 0.25) is 0 Å². The molecule has 32 heavy (non-hydrogen) atoms. The molecule has 0 unspecified atom stereocenters. The fourth-order valence-electron chi connectivity index (χ4n) is 0.436. The van der Waals surface area contributed by atoms with Gasteiger partial charge in [0.25, 0.3) is 0 Å². The van der Waals surface area contributed by atoms with Crippen molar-refractivity contribution in [2.45, 2.75) is 31.7 Å². The molecule has 0 bridgehead atoms. The Kier molecular flexibility index (Phi) is 52.3. The second-order valence-electron chi connectivity index (χ2n) is 4.83. The van der Waals surface area contributed by atoms with Crippen molar-refractivity contribution in [1.82, 2.24) is 0 Å². The van der Waals surface area contributed by atoms with Crippen LogP contribution in [0.3, 0.4) is 0 Å². The number of aliphatic hydroxyl groups excluding tert-OH is 10. The summed E-state index contributed by atoms with van der Waals surface area (Å²) in [4.78, 5) is 10.3. The van der Waals surface area contributed by atoms with E-state index >= 15 is 0 Å². The van der Waals surface area contributed by atoms with Gasteiger partial charge in [-0.05, 0) is 0 Å². The normalized spacial score (nSPS) is 9.56. The lowest BCUT2D eigenvalue weighted by Crippen LogP contribution is -2.15. The van der Waals surface area contributed by atoms with E-state index in [0.717, 1.165) is 7.11 Å². The van der Waals surface area contributed by atoms with E-state index in [2.05, 4.69) is 4.74 Å². The maximum absolute atomic E-state index is 10.3. The van der Waals surface area contributed by atoms with Crippen LogP contribution in [0.5, 0.6) is 0 Å². The largest absolute Gasteiger partial charge is 0.400 e. The highest BCUT2D eigenvalue weighted by Gasteiger charge is 1.95. The number of ketones is 1. The quantitative estimate of drug-likeness (QED) is 0.129. The molecule has 0 fully saturated rings. The second kappa shape index (κ2) is 37.4. The molecule has 17 heteroatoms. The second-order valence-corrected chi connectivity index (χ2v) is 5.73. The lowest BCUT2D eigenvalue weighted by molar-refractivity contribution is -0.122. The molecule has 0 saturated carbocycles. The standard InChI is InChI=1S/C5H10O2.3C3H8O3.CH4O.H2O4S/c1-3-5(6)4-7-2;3*4-1-3(6)2-5;1-2;1-5(2,3)4/h3-4H2,1-2H3;3*3-6H,1-2H2;2H,1H3;(H2,1,2,3,4). The van der Waals surface area contributed by atoms with Crippen molar-refractivity contribution in [3.8, 4) is 0 Å². The molecule has 12 N–H and O–H groups in total. The average Bonchev–Trinajstić information content (AvgIpc) is 2.78. The monoisotopic (exact) mass is 508 g/mol. The van der Waals surface area contributed by atoms with Gasteiger partial charge in [-0.25, -0.2) is 0 Å². The molecular weight excluding hydrogens is 468 g/mol. The third-order valence-electron chi connectivity index (χ3n) is 1.96. The Morgan fingerprint density at radius 3 is 0.938 bits per heavy atom. The highest BCUT2D eigenvalue weighted by Crippen LogP contribution is 1.78. The van der Waals surface area contributed by atoms with Gasteiger partial charge < -0.3 is 55.8 Å². The van der Waals surface area contributed by atoms with Gasteiger partial charge in [0.1, 0.15) is 24.9 Å². The first kappa shape index (κ1) is 44.7. The van der Waals surface area contributed by atoms with Crippen LogP contribution in [0, 0.1) is 0 Å². The first-order valence-corrected chi connectivity index (χ1v) is 9.98. The zero-order chi connectivity index (χ0) is 27.2. The first-order chi connectivity index (χ1) is 14.7. The maximum atomic E-state index is 10.3. The summed E-state index contributed by atoms with van der Waals surface area (Å²) in [7, 11) is -2.15. The topological polar surface area (TPSA) is 303 Å². The van der Waals surface area contributed by atoms with Crippen LogP contribution in [0.25, 0.3) is 0 Å². The molecule has 0 heterocycles. The van der Waals surface area contributed by atoms with Crippen molar-refractivity contribution in [3.63, 3.8) is 0 Å². The highest BCUT2D eigenvalue weighted by molar-refractivity contribution is 7.79. The zero-order valence-electron chi connectivity index (χ0n) is 18.3. The molecule has 0 atom stereocenters. The Morgan fingerprint density at radius 2 is 0.906 bits per heavy atom. The number of Topliss-reactive ketones (excluding diaryl/α,β-unsaturated/α-hetero) is 1. The summed E-state index contributed by atoms with van der Waals surface area (Å²) in [6.07, 6.45) is -2.28. The van der Waals surface area contributed by atoms with Crippen LogP contribution in [0.1, 0.15) is 13.3 Å². The molecule has 0 aromatic carbocycles. The minimum Gasteiger partial charge on any atom is -0.400 e. The minimum atomic E-state index is -4.67. The zero-order valence-corrected chi connectivity index (χ0v) is 19.1. The smallest absolute Gasteiger partial charge is 0.394 e. The number of hydrogen-bond acceptors (Lipinski definition) is 14. The van der Waals surface area contributed by atoms with E-state index in [4.69, 9.17) is 68.6 Å². The molecule has 0 saturated heterocycles. The molecule has 0 aromatic rings. The van der Waals surface area contributed by atoms with Gasteiger partial charge in [0, 0.05) is 20.6 Å². The summed E-state index contributed by atoms with van der Waals surface area (Å²) in [5, 5.41) is 79.0. The fraction of sp³-hybridized carbons (Fsp3) is 0.933. The van der Waals surface area contributed by atoms with Crippen LogP contribution in [0.15, 0.2) is 0 Å². The van der Waals surface area contributed by atoms with Gasteiger partial charge >= 0.3 is 10.4 Å². The molecular formula is C15H40O16S. The molecule has 16 nitrogen and oxygen atoms in total. The SMILES string of the molecule is CCC(=O)COC.CO.O=S(=O)(O)O.OCC(O)CO.OCC(O)CO.OCC(O)CO. The van der Waals surface area contributed by atoms with E-state index < -0.39 is 28.7 Å². The Labute approximate surface area is 187 Å². The third-order valence-corrected chi connectivity index (χ3v) is 1.96. The Morgan fingerprint density at radius 1 is 0.719 bits per heavy atom. The number of ether oxygens (including phenoxy) is 1. The predicted octanol–water partition coefficient (Wildman–Crippen LogP) is -5.44. The molecule has 0 aliphatic rings. The molecule has 0 amide bonds. The Hall–Kier alpha value is -0.900. The van der Waals surface area contributed by atoms with E-state index in [9.17, 15) is 4.79 Å². The Bertz CT molecular complexity index is 376. The number of carbonyl (C=O) groups excluding carboxylic acids is 1. The number of rotatable bonds is 9. The van der Waals surface area contributed by atoms with Crippen LogP contribution < -0.4 is 0 Å². The van der Waals surface area contributed by atoms with E-state index in [1.165, 1.54) is 7.11 Å². The molecule has 0 rings (SSSR count). The van der Waals surface area contributed by atoms with E-state index in [1.54, 1.807) is 0 Å². The van der Waals surface area contributed by atoms with Crippen LogP contribution in [-0.4, -0.2) is 153 Å². The third kappa shape index (κ3) is 88.6. The van der Waals surface area contributed by atoms with E-state index in [-0.39, 0.29) is 52.0 Å². The maximum Gasteiger partial charge on any atom is 0.394 e. The fourth-order valence-corrected chi connectivity index (χ4v) is 0.436.